The molecule has 0 atom stereocenters. The number of ketones is 1. The van der Waals surface area contributed by atoms with E-state index < -0.39 is 23.6 Å². The van der Waals surface area contributed by atoms with Crippen molar-refractivity contribution in [2.75, 3.05) is 12.4 Å². The van der Waals surface area contributed by atoms with E-state index in [9.17, 15) is 18.8 Å². The number of aromatic nitrogens is 2. The number of rotatable bonds is 5. The fourth-order valence-electron chi connectivity index (χ4n) is 3.27. The number of carbonyl (C=O) groups excluding carboxylic acids is 3. The summed E-state index contributed by atoms with van der Waals surface area (Å²) in [6, 6.07) is 15.4. The number of benzene rings is 3. The lowest BCUT2D eigenvalue weighted by atomic mass is 9.97. The van der Waals surface area contributed by atoms with Gasteiger partial charge in [-0.25, -0.2) is 9.18 Å². The molecule has 0 radical (unpaired) electrons. The van der Waals surface area contributed by atoms with E-state index in [1.807, 2.05) is 0 Å². The third kappa shape index (κ3) is 4.57. The summed E-state index contributed by atoms with van der Waals surface area (Å²) in [4.78, 5) is 44.5. The summed E-state index contributed by atoms with van der Waals surface area (Å²) in [5.74, 6) is -1.58. The lowest BCUT2D eigenvalue weighted by molar-refractivity contribution is 0.0996. The predicted molar refractivity (Wildman–Crippen MR) is 120 cm³/mol. The Morgan fingerprint density at radius 3 is 2.52 bits per heavy atom. The van der Waals surface area contributed by atoms with Gasteiger partial charge < -0.3 is 20.4 Å². The minimum absolute atomic E-state index is 0.0195. The highest BCUT2D eigenvalue weighted by molar-refractivity contribution is 6.18. The summed E-state index contributed by atoms with van der Waals surface area (Å²) in [5, 5.41) is 4.85. The topological polar surface area (TPSA) is 113 Å². The molecule has 0 saturated carbocycles. The zero-order valence-corrected chi connectivity index (χ0v) is 17.7. The van der Waals surface area contributed by atoms with Crippen LogP contribution in [0.2, 0.25) is 0 Å². The van der Waals surface area contributed by atoms with Gasteiger partial charge in [0.1, 0.15) is 5.82 Å². The third-order valence-electron chi connectivity index (χ3n) is 4.90. The zero-order chi connectivity index (χ0) is 23.5. The van der Waals surface area contributed by atoms with E-state index in [1.54, 1.807) is 43.3 Å². The minimum atomic E-state index is -0.685. The quantitative estimate of drug-likeness (QED) is 0.398. The molecule has 3 aromatic carbocycles. The molecule has 2 amide bonds. The second-order valence-corrected chi connectivity index (χ2v) is 7.23. The molecule has 166 valence electrons. The van der Waals surface area contributed by atoms with E-state index in [4.69, 9.17) is 4.74 Å². The van der Waals surface area contributed by atoms with Gasteiger partial charge in [-0.3, -0.25) is 9.59 Å². The summed E-state index contributed by atoms with van der Waals surface area (Å²) in [5.41, 5.74) is 2.34. The molecule has 4 aromatic rings. The first-order valence-corrected chi connectivity index (χ1v) is 9.96. The molecule has 0 fully saturated rings. The van der Waals surface area contributed by atoms with Gasteiger partial charge in [0.2, 0.25) is 0 Å². The maximum absolute atomic E-state index is 14.1. The van der Waals surface area contributed by atoms with Crippen LogP contribution >= 0.6 is 0 Å². The Bertz CT molecular complexity index is 1400. The molecule has 0 aliphatic heterocycles. The number of ether oxygens (including phenoxy) is 1. The molecule has 0 aliphatic rings. The number of halogens is 1. The summed E-state index contributed by atoms with van der Waals surface area (Å²) in [6.45, 7) is 1.78. The Labute approximate surface area is 187 Å². The van der Waals surface area contributed by atoms with E-state index in [1.165, 1.54) is 31.3 Å². The first-order valence-electron chi connectivity index (χ1n) is 9.96. The number of hydrogen-bond acceptors (Lipinski definition) is 5. The molecule has 0 aliphatic carbocycles. The fourth-order valence-corrected chi connectivity index (χ4v) is 3.27. The number of anilines is 1. The largest absolute Gasteiger partial charge is 0.414 e. The molecule has 4 rings (SSSR count). The minimum Gasteiger partial charge on any atom is -0.375 e. The molecule has 33 heavy (non-hydrogen) atoms. The van der Waals surface area contributed by atoms with Gasteiger partial charge in [-0.2, -0.15) is 4.98 Å². The Balaban J connectivity index is 1.64. The van der Waals surface area contributed by atoms with Crippen molar-refractivity contribution >= 4 is 34.5 Å². The van der Waals surface area contributed by atoms with E-state index in [-0.39, 0.29) is 22.8 Å². The average Bonchev–Trinajstić information content (AvgIpc) is 3.22. The number of aromatic amines is 1. The fraction of sp³-hybridized carbons (Fsp3) is 0.0833. The molecule has 8 nitrogen and oxygen atoms in total. The number of carbonyl (C=O) groups is 3. The Morgan fingerprint density at radius 2 is 1.76 bits per heavy atom. The molecular formula is C24H19FN4O4. The van der Waals surface area contributed by atoms with Crippen molar-refractivity contribution in [2.45, 2.75) is 6.92 Å². The van der Waals surface area contributed by atoms with Crippen LogP contribution < -0.4 is 15.4 Å². The average molecular weight is 446 g/mol. The molecule has 3 N–H and O–H groups in total. The number of fused-ring (bicyclic) bond motifs is 1. The van der Waals surface area contributed by atoms with Gasteiger partial charge in [-0.15, -0.1) is 0 Å². The van der Waals surface area contributed by atoms with Crippen molar-refractivity contribution in [1.82, 2.24) is 15.3 Å². The first kappa shape index (κ1) is 21.7. The smallest absolute Gasteiger partial charge is 0.375 e. The number of nitrogens with zero attached hydrogens (tertiary/aromatic N) is 1. The van der Waals surface area contributed by atoms with Crippen molar-refractivity contribution in [2.24, 2.45) is 0 Å². The van der Waals surface area contributed by atoms with E-state index in [2.05, 4.69) is 20.6 Å². The molecule has 0 unspecified atom stereocenters. The van der Waals surface area contributed by atoms with Gasteiger partial charge in [0.15, 0.2) is 5.78 Å². The van der Waals surface area contributed by atoms with Crippen LogP contribution in [-0.4, -0.2) is 34.8 Å². The summed E-state index contributed by atoms with van der Waals surface area (Å²) >= 11 is 0. The molecule has 0 bridgehead atoms. The van der Waals surface area contributed by atoms with Crippen LogP contribution in [-0.2, 0) is 0 Å². The zero-order valence-electron chi connectivity index (χ0n) is 17.7. The highest BCUT2D eigenvalue weighted by atomic mass is 19.1. The Hall–Kier alpha value is -4.53. The van der Waals surface area contributed by atoms with Gasteiger partial charge in [0, 0.05) is 18.2 Å². The number of aryl methyl sites for hydroxylation is 1. The van der Waals surface area contributed by atoms with E-state index in [0.717, 1.165) is 5.56 Å². The van der Waals surface area contributed by atoms with Crippen LogP contribution in [0, 0.1) is 12.7 Å². The lowest BCUT2D eigenvalue weighted by Crippen LogP contribution is -2.22. The maximum atomic E-state index is 14.1. The monoisotopic (exact) mass is 446 g/mol. The second-order valence-electron chi connectivity index (χ2n) is 7.23. The van der Waals surface area contributed by atoms with Gasteiger partial charge in [-0.1, -0.05) is 24.3 Å². The van der Waals surface area contributed by atoms with Crippen LogP contribution in [0.1, 0.15) is 31.8 Å². The van der Waals surface area contributed by atoms with Crippen LogP contribution in [0.25, 0.3) is 11.0 Å². The molecular weight excluding hydrogens is 427 g/mol. The molecule has 9 heteroatoms. The van der Waals surface area contributed by atoms with Gasteiger partial charge >= 0.3 is 12.1 Å². The SMILES string of the molecule is CNC(=O)Oc1nc2ccc(C(=O)c3ccccc3C(=O)Nc3cc(C)ccc3F)cc2[nH]1. The summed E-state index contributed by atoms with van der Waals surface area (Å²) < 4.78 is 19.1. The highest BCUT2D eigenvalue weighted by Crippen LogP contribution is 2.22. The first-order chi connectivity index (χ1) is 15.9. The molecule has 0 saturated heterocycles. The van der Waals surface area contributed by atoms with Crippen LogP contribution in [0.5, 0.6) is 6.01 Å². The third-order valence-corrected chi connectivity index (χ3v) is 4.90. The molecule has 1 heterocycles. The second kappa shape index (κ2) is 8.91. The van der Waals surface area contributed by atoms with Gasteiger partial charge in [0.05, 0.1) is 22.3 Å². The number of imidazole rings is 1. The Morgan fingerprint density at radius 1 is 1.00 bits per heavy atom. The number of nitrogens with one attached hydrogen (secondary N) is 3. The number of amides is 2. The van der Waals surface area contributed by atoms with Crippen molar-refractivity contribution in [1.29, 1.82) is 0 Å². The Kier molecular flexibility index (Phi) is 5.86. The van der Waals surface area contributed by atoms with Crippen molar-refractivity contribution in [3.05, 3.63) is 88.7 Å². The summed E-state index contributed by atoms with van der Waals surface area (Å²) in [6.07, 6.45) is -0.685. The number of hydrogen-bond donors (Lipinski definition) is 3. The van der Waals surface area contributed by atoms with Gasteiger partial charge in [-0.05, 0) is 48.9 Å². The highest BCUT2D eigenvalue weighted by Gasteiger charge is 2.20. The van der Waals surface area contributed by atoms with Crippen molar-refractivity contribution in [3.8, 4) is 6.01 Å². The van der Waals surface area contributed by atoms with E-state index >= 15 is 0 Å². The lowest BCUT2D eigenvalue weighted by Gasteiger charge is -2.11. The number of H-pyrrole nitrogens is 1. The standard InChI is InChI=1S/C24H19FN4O4/c1-13-7-9-17(25)19(11-13)27-22(31)16-6-4-3-5-15(16)21(30)14-8-10-18-20(12-14)29-23(28-18)33-24(32)26-2/h3-12H,1-2H3,(H,26,32)(H,27,31)(H,28,29). The van der Waals surface area contributed by atoms with Crippen LogP contribution in [0.15, 0.2) is 60.7 Å². The summed E-state index contributed by atoms with van der Waals surface area (Å²) in [7, 11) is 1.42. The predicted octanol–water partition coefficient (Wildman–Crippen LogP) is 4.21. The molecule has 1 aromatic heterocycles. The van der Waals surface area contributed by atoms with E-state index in [0.29, 0.717) is 16.6 Å². The molecule has 0 spiro atoms. The maximum Gasteiger partial charge on any atom is 0.414 e. The van der Waals surface area contributed by atoms with Gasteiger partial charge in [0.25, 0.3) is 5.91 Å². The van der Waals surface area contributed by atoms with Crippen molar-refractivity contribution in [3.63, 3.8) is 0 Å². The van der Waals surface area contributed by atoms with Crippen LogP contribution in [0.3, 0.4) is 0 Å². The van der Waals surface area contributed by atoms with Crippen LogP contribution in [0.4, 0.5) is 14.9 Å². The van der Waals surface area contributed by atoms with Crippen molar-refractivity contribution < 1.29 is 23.5 Å². The normalized spacial score (nSPS) is 10.6.